The molecule has 5 rings (SSSR count). The van der Waals surface area contributed by atoms with E-state index in [-0.39, 0.29) is 11.8 Å². The number of carbonyl (C=O) groups excluding carboxylic acids is 2. The summed E-state index contributed by atoms with van der Waals surface area (Å²) in [4.78, 5) is 33.9. The molecule has 0 bridgehead atoms. The lowest BCUT2D eigenvalue weighted by Crippen LogP contribution is -2.24. The summed E-state index contributed by atoms with van der Waals surface area (Å²) < 4.78 is 11.4. The van der Waals surface area contributed by atoms with E-state index in [1.54, 1.807) is 72.8 Å². The first-order chi connectivity index (χ1) is 18.6. The predicted octanol–water partition coefficient (Wildman–Crippen LogP) is 2.95. The smallest absolute Gasteiger partial charge is 0.255 e. The van der Waals surface area contributed by atoms with Crippen LogP contribution < -0.4 is 30.7 Å². The third-order valence-electron chi connectivity index (χ3n) is 5.87. The lowest BCUT2D eigenvalue weighted by molar-refractivity contribution is 0.101. The highest BCUT2D eigenvalue weighted by Gasteiger charge is 2.11. The molecular formula is C28H28N6O4. The molecule has 4 N–H and O–H groups in total. The molecule has 0 atom stereocenters. The van der Waals surface area contributed by atoms with Gasteiger partial charge in [-0.25, -0.2) is 0 Å². The molecular weight excluding hydrogens is 484 g/mol. The number of anilines is 2. The molecule has 10 heteroatoms. The van der Waals surface area contributed by atoms with Crippen molar-refractivity contribution in [3.63, 3.8) is 0 Å². The standard InChI is InChI=1S/C28H28N6O4/c35-27(33-21-5-9-23(10-6-21)37-17-25-29-13-14-30-25)19-1-2-20(4-3-19)28(36)34-22-7-11-24(12-8-22)38-18-26-31-15-16-32-26/h1-12H,13-18H2,(H,29,30)(H,31,32)(H,33,35)(H,34,36). The molecule has 0 saturated carbocycles. The maximum Gasteiger partial charge on any atom is 0.255 e. The number of benzene rings is 3. The molecule has 2 aliphatic rings. The van der Waals surface area contributed by atoms with Crippen LogP contribution in [0.15, 0.2) is 82.8 Å². The van der Waals surface area contributed by atoms with E-state index in [9.17, 15) is 9.59 Å². The number of aliphatic imine (C=N–C) groups is 2. The Balaban J connectivity index is 1.09. The molecule has 2 aliphatic heterocycles. The number of nitrogens with one attached hydrogen (secondary N) is 4. The number of ether oxygens (including phenoxy) is 2. The van der Waals surface area contributed by atoms with Crippen LogP contribution in [-0.4, -0.2) is 62.9 Å². The summed E-state index contributed by atoms with van der Waals surface area (Å²) in [6.07, 6.45) is 0. The number of hydrogen-bond donors (Lipinski definition) is 4. The number of amidine groups is 2. The SMILES string of the molecule is O=C(Nc1ccc(OCC2=NCCN2)cc1)c1ccc(C(=O)Nc2ccc(OCC3=NCCN3)cc2)cc1. The Kier molecular flexibility index (Phi) is 7.78. The lowest BCUT2D eigenvalue weighted by Gasteiger charge is -2.10. The van der Waals surface area contributed by atoms with E-state index < -0.39 is 0 Å². The lowest BCUT2D eigenvalue weighted by atomic mass is 10.1. The van der Waals surface area contributed by atoms with Crippen LogP contribution in [0.4, 0.5) is 11.4 Å². The highest BCUT2D eigenvalue weighted by molar-refractivity contribution is 6.07. The second-order valence-electron chi connectivity index (χ2n) is 8.62. The van der Waals surface area contributed by atoms with Crippen LogP contribution in [0.1, 0.15) is 20.7 Å². The van der Waals surface area contributed by atoms with Crippen molar-refractivity contribution in [2.24, 2.45) is 9.98 Å². The van der Waals surface area contributed by atoms with Crippen molar-refractivity contribution in [3.05, 3.63) is 83.9 Å². The van der Waals surface area contributed by atoms with E-state index in [1.165, 1.54) is 0 Å². The summed E-state index contributed by atoms with van der Waals surface area (Å²) in [5, 5.41) is 12.0. The van der Waals surface area contributed by atoms with Gasteiger partial charge in [0.15, 0.2) is 0 Å². The van der Waals surface area contributed by atoms with Crippen LogP contribution in [-0.2, 0) is 0 Å². The van der Waals surface area contributed by atoms with Gasteiger partial charge in [0.2, 0.25) is 0 Å². The number of nitrogens with zero attached hydrogens (tertiary/aromatic N) is 2. The average Bonchev–Trinajstić information content (AvgIpc) is 3.67. The normalized spacial score (nSPS) is 14.0. The Bertz CT molecular complexity index is 1230. The van der Waals surface area contributed by atoms with Crippen molar-refractivity contribution in [2.45, 2.75) is 0 Å². The van der Waals surface area contributed by atoms with E-state index in [2.05, 4.69) is 31.3 Å². The molecule has 0 aliphatic carbocycles. The highest BCUT2D eigenvalue weighted by Crippen LogP contribution is 2.19. The topological polar surface area (TPSA) is 125 Å². The minimum absolute atomic E-state index is 0.274. The molecule has 10 nitrogen and oxygen atoms in total. The van der Waals surface area contributed by atoms with Crippen molar-refractivity contribution >= 4 is 34.9 Å². The largest absolute Gasteiger partial charge is 0.486 e. The van der Waals surface area contributed by atoms with Crippen LogP contribution in [0.3, 0.4) is 0 Å². The molecule has 0 saturated heterocycles. The van der Waals surface area contributed by atoms with Gasteiger partial charge >= 0.3 is 0 Å². The molecule has 0 spiro atoms. The Labute approximate surface area is 220 Å². The molecule has 3 aromatic carbocycles. The molecule has 3 aromatic rings. The third kappa shape index (κ3) is 6.67. The van der Waals surface area contributed by atoms with E-state index in [4.69, 9.17) is 9.47 Å². The molecule has 0 radical (unpaired) electrons. The van der Waals surface area contributed by atoms with Crippen molar-refractivity contribution in [2.75, 3.05) is 50.0 Å². The van der Waals surface area contributed by atoms with Crippen LogP contribution in [0.2, 0.25) is 0 Å². The number of hydrogen-bond acceptors (Lipinski definition) is 8. The van der Waals surface area contributed by atoms with Crippen LogP contribution in [0, 0.1) is 0 Å². The molecule has 0 fully saturated rings. The van der Waals surface area contributed by atoms with Gasteiger partial charge in [0.25, 0.3) is 11.8 Å². The maximum absolute atomic E-state index is 12.7. The van der Waals surface area contributed by atoms with Gasteiger partial charge in [0, 0.05) is 35.6 Å². The van der Waals surface area contributed by atoms with E-state index in [0.717, 1.165) is 37.9 Å². The molecule has 2 heterocycles. The monoisotopic (exact) mass is 512 g/mol. The molecule has 0 aromatic heterocycles. The minimum atomic E-state index is -0.274. The first kappa shape index (κ1) is 24.8. The zero-order chi connectivity index (χ0) is 26.2. The quantitative estimate of drug-likeness (QED) is 0.331. The Morgan fingerprint density at radius 2 is 1.03 bits per heavy atom. The first-order valence-corrected chi connectivity index (χ1v) is 12.4. The summed E-state index contributed by atoms with van der Waals surface area (Å²) in [7, 11) is 0. The molecule has 0 unspecified atom stereocenters. The molecule has 38 heavy (non-hydrogen) atoms. The summed E-state index contributed by atoms with van der Waals surface area (Å²) in [6.45, 7) is 4.01. The predicted molar refractivity (Wildman–Crippen MR) is 147 cm³/mol. The van der Waals surface area contributed by atoms with Gasteiger partial charge in [-0.3, -0.25) is 19.6 Å². The van der Waals surface area contributed by atoms with E-state index >= 15 is 0 Å². The summed E-state index contributed by atoms with van der Waals surface area (Å²) in [6, 6.07) is 20.7. The van der Waals surface area contributed by atoms with Gasteiger partial charge in [0.1, 0.15) is 36.4 Å². The van der Waals surface area contributed by atoms with Crippen LogP contribution >= 0.6 is 0 Å². The first-order valence-electron chi connectivity index (χ1n) is 12.4. The highest BCUT2D eigenvalue weighted by atomic mass is 16.5. The van der Waals surface area contributed by atoms with Gasteiger partial charge < -0.3 is 30.7 Å². The van der Waals surface area contributed by atoms with Crippen molar-refractivity contribution in [1.82, 2.24) is 10.6 Å². The molecule has 194 valence electrons. The Morgan fingerprint density at radius 1 is 0.632 bits per heavy atom. The van der Waals surface area contributed by atoms with Gasteiger partial charge in [-0.15, -0.1) is 0 Å². The Morgan fingerprint density at radius 3 is 1.37 bits per heavy atom. The van der Waals surface area contributed by atoms with E-state index in [0.29, 0.717) is 47.2 Å². The minimum Gasteiger partial charge on any atom is -0.486 e. The van der Waals surface area contributed by atoms with Gasteiger partial charge in [-0.1, -0.05) is 0 Å². The Hall–Kier alpha value is -4.86. The number of amides is 2. The van der Waals surface area contributed by atoms with Gasteiger partial charge in [0.05, 0.1) is 13.1 Å². The van der Waals surface area contributed by atoms with Crippen molar-refractivity contribution in [3.8, 4) is 11.5 Å². The summed E-state index contributed by atoms with van der Waals surface area (Å²) in [5.74, 6) is 2.51. The van der Waals surface area contributed by atoms with Crippen LogP contribution in [0.5, 0.6) is 11.5 Å². The third-order valence-corrected chi connectivity index (χ3v) is 5.87. The zero-order valence-corrected chi connectivity index (χ0v) is 20.7. The number of rotatable bonds is 10. The second-order valence-corrected chi connectivity index (χ2v) is 8.62. The fourth-order valence-corrected chi connectivity index (χ4v) is 3.84. The van der Waals surface area contributed by atoms with Crippen molar-refractivity contribution < 1.29 is 19.1 Å². The van der Waals surface area contributed by atoms with Gasteiger partial charge in [-0.2, -0.15) is 0 Å². The summed E-state index contributed by atoms with van der Waals surface area (Å²) >= 11 is 0. The zero-order valence-electron chi connectivity index (χ0n) is 20.7. The van der Waals surface area contributed by atoms with Crippen molar-refractivity contribution in [1.29, 1.82) is 0 Å². The summed E-state index contributed by atoms with van der Waals surface area (Å²) in [5.41, 5.74) is 2.16. The molecule has 2 amide bonds. The van der Waals surface area contributed by atoms with E-state index in [1.807, 2.05) is 0 Å². The second kappa shape index (κ2) is 11.9. The maximum atomic E-state index is 12.7. The fourth-order valence-electron chi connectivity index (χ4n) is 3.84. The number of carbonyl (C=O) groups is 2. The van der Waals surface area contributed by atoms with Gasteiger partial charge in [-0.05, 0) is 72.8 Å². The fraction of sp³-hybridized carbons (Fsp3) is 0.214. The van der Waals surface area contributed by atoms with Crippen LogP contribution in [0.25, 0.3) is 0 Å². The average molecular weight is 513 g/mol.